The molecule has 0 aromatic carbocycles. The van der Waals surface area contributed by atoms with Crippen molar-refractivity contribution in [1.29, 1.82) is 0 Å². The van der Waals surface area contributed by atoms with Crippen LogP contribution in [0.1, 0.15) is 47.5 Å². The molecule has 0 fully saturated rings. The van der Waals surface area contributed by atoms with Crippen molar-refractivity contribution in [3.05, 3.63) is 0 Å². The van der Waals surface area contributed by atoms with Gasteiger partial charge in [-0.3, -0.25) is 4.79 Å². The minimum atomic E-state index is 0.100. The van der Waals surface area contributed by atoms with Gasteiger partial charge in [-0.05, 0) is 32.6 Å². The molecule has 1 amide bonds. The molecule has 0 aromatic rings. The second kappa shape index (κ2) is 7.69. The second-order valence-electron chi connectivity index (χ2n) is 4.79. The summed E-state index contributed by atoms with van der Waals surface area (Å²) in [6.07, 6.45) is 2.09. The van der Waals surface area contributed by atoms with Crippen molar-refractivity contribution >= 4 is 5.91 Å². The minimum absolute atomic E-state index is 0.100. The van der Waals surface area contributed by atoms with Gasteiger partial charge in [0.25, 0.3) is 0 Å². The maximum absolute atomic E-state index is 11.5. The highest BCUT2D eigenvalue weighted by Gasteiger charge is 2.09. The van der Waals surface area contributed by atoms with Crippen molar-refractivity contribution in [3.8, 4) is 0 Å². The molecule has 3 heteroatoms. The fourth-order valence-electron chi connectivity index (χ4n) is 1.50. The lowest BCUT2D eigenvalue weighted by atomic mass is 10.1. The van der Waals surface area contributed by atoms with Crippen LogP contribution in [0.2, 0.25) is 0 Å². The molecule has 90 valence electrons. The van der Waals surface area contributed by atoms with Crippen molar-refractivity contribution in [1.82, 2.24) is 10.6 Å². The van der Waals surface area contributed by atoms with E-state index in [9.17, 15) is 4.79 Å². The van der Waals surface area contributed by atoms with Gasteiger partial charge >= 0.3 is 0 Å². The monoisotopic (exact) mass is 214 g/mol. The summed E-state index contributed by atoms with van der Waals surface area (Å²) < 4.78 is 0. The molecule has 0 aliphatic rings. The molecule has 0 saturated carbocycles. The summed E-state index contributed by atoms with van der Waals surface area (Å²) in [6, 6.07) is 0.687. The van der Waals surface area contributed by atoms with Crippen LogP contribution >= 0.6 is 0 Å². The summed E-state index contributed by atoms with van der Waals surface area (Å²) in [6.45, 7) is 11.0. The van der Waals surface area contributed by atoms with E-state index in [0.29, 0.717) is 18.5 Å². The van der Waals surface area contributed by atoms with Crippen LogP contribution in [0.3, 0.4) is 0 Å². The topological polar surface area (TPSA) is 41.1 Å². The number of nitrogens with one attached hydrogen (secondary N) is 2. The predicted octanol–water partition coefficient (Wildman–Crippen LogP) is 1.93. The molecular weight excluding hydrogens is 188 g/mol. The molecule has 0 aromatic heterocycles. The van der Waals surface area contributed by atoms with Crippen molar-refractivity contribution < 1.29 is 4.79 Å². The lowest BCUT2D eigenvalue weighted by Crippen LogP contribution is -2.41. The van der Waals surface area contributed by atoms with Gasteiger partial charge in [0, 0.05) is 12.1 Å². The Labute approximate surface area is 94.0 Å². The Morgan fingerprint density at radius 1 is 1.13 bits per heavy atom. The smallest absolute Gasteiger partial charge is 0.234 e. The first-order valence-corrected chi connectivity index (χ1v) is 5.98. The van der Waals surface area contributed by atoms with Crippen molar-refractivity contribution in [2.24, 2.45) is 5.92 Å². The Morgan fingerprint density at radius 2 is 1.73 bits per heavy atom. The van der Waals surface area contributed by atoms with E-state index in [1.807, 2.05) is 0 Å². The van der Waals surface area contributed by atoms with Gasteiger partial charge in [0.15, 0.2) is 0 Å². The second-order valence-corrected chi connectivity index (χ2v) is 4.79. The van der Waals surface area contributed by atoms with E-state index < -0.39 is 0 Å². The van der Waals surface area contributed by atoms with Gasteiger partial charge in [-0.25, -0.2) is 0 Å². The van der Waals surface area contributed by atoms with Crippen LogP contribution < -0.4 is 10.6 Å². The van der Waals surface area contributed by atoms with Crippen molar-refractivity contribution in [2.45, 2.75) is 59.5 Å². The summed E-state index contributed by atoms with van der Waals surface area (Å²) in [7, 11) is 0. The van der Waals surface area contributed by atoms with Crippen LogP contribution in [0.5, 0.6) is 0 Å². The van der Waals surface area contributed by atoms with Crippen LogP contribution in [-0.2, 0) is 4.79 Å². The summed E-state index contributed by atoms with van der Waals surface area (Å²) in [5.41, 5.74) is 0. The zero-order valence-electron chi connectivity index (χ0n) is 10.8. The fourth-order valence-corrected chi connectivity index (χ4v) is 1.50. The highest BCUT2D eigenvalue weighted by atomic mass is 16.1. The first kappa shape index (κ1) is 14.4. The largest absolute Gasteiger partial charge is 0.353 e. The van der Waals surface area contributed by atoms with Crippen LogP contribution in [0.4, 0.5) is 0 Å². The third-order valence-electron chi connectivity index (χ3n) is 2.46. The van der Waals surface area contributed by atoms with Crippen LogP contribution in [0.15, 0.2) is 0 Å². The van der Waals surface area contributed by atoms with Crippen molar-refractivity contribution in [2.75, 3.05) is 6.54 Å². The third kappa shape index (κ3) is 8.43. The summed E-state index contributed by atoms with van der Waals surface area (Å²) in [4.78, 5) is 11.5. The van der Waals surface area contributed by atoms with E-state index in [1.54, 1.807) is 0 Å². The van der Waals surface area contributed by atoms with Gasteiger partial charge < -0.3 is 10.6 Å². The molecular formula is C12H26N2O. The normalized spacial score (nSPS) is 15.1. The Bertz CT molecular complexity index is 180. The van der Waals surface area contributed by atoms with E-state index in [-0.39, 0.29) is 11.9 Å². The average molecular weight is 214 g/mol. The number of carbonyl (C=O) groups excluding carboxylic acids is 1. The molecule has 0 aliphatic carbocycles. The maximum atomic E-state index is 11.5. The first-order chi connectivity index (χ1) is 6.95. The fraction of sp³-hybridized carbons (Fsp3) is 0.917. The van der Waals surface area contributed by atoms with E-state index in [0.717, 1.165) is 12.8 Å². The molecule has 0 spiro atoms. The van der Waals surface area contributed by atoms with Gasteiger partial charge in [0.2, 0.25) is 5.91 Å². The quantitative estimate of drug-likeness (QED) is 0.680. The van der Waals surface area contributed by atoms with Crippen molar-refractivity contribution in [3.63, 3.8) is 0 Å². The lowest BCUT2D eigenvalue weighted by molar-refractivity contribution is -0.121. The zero-order valence-corrected chi connectivity index (χ0v) is 10.8. The average Bonchev–Trinajstić information content (AvgIpc) is 2.12. The SMILES string of the molecule is CCC(C)NCC(=O)NC(C)CC(C)C. The number of hydrogen-bond acceptors (Lipinski definition) is 2. The maximum Gasteiger partial charge on any atom is 0.234 e. The van der Waals surface area contributed by atoms with Gasteiger partial charge in [-0.2, -0.15) is 0 Å². The Hall–Kier alpha value is -0.570. The Balaban J connectivity index is 3.64. The first-order valence-electron chi connectivity index (χ1n) is 5.98. The zero-order chi connectivity index (χ0) is 11.8. The van der Waals surface area contributed by atoms with Gasteiger partial charge in [0.1, 0.15) is 0 Å². The Morgan fingerprint density at radius 3 is 2.20 bits per heavy atom. The molecule has 2 N–H and O–H groups in total. The summed E-state index contributed by atoms with van der Waals surface area (Å²) in [5, 5.41) is 6.17. The van der Waals surface area contributed by atoms with E-state index in [4.69, 9.17) is 0 Å². The van der Waals surface area contributed by atoms with Gasteiger partial charge in [0.05, 0.1) is 6.54 Å². The van der Waals surface area contributed by atoms with Crippen LogP contribution in [0, 0.1) is 5.92 Å². The molecule has 3 nitrogen and oxygen atoms in total. The number of carbonyl (C=O) groups is 1. The highest BCUT2D eigenvalue weighted by Crippen LogP contribution is 2.03. The number of hydrogen-bond donors (Lipinski definition) is 2. The van der Waals surface area contributed by atoms with Gasteiger partial charge in [-0.1, -0.05) is 20.8 Å². The number of amides is 1. The predicted molar refractivity (Wildman–Crippen MR) is 64.8 cm³/mol. The molecule has 0 rings (SSSR count). The molecule has 0 saturated heterocycles. The molecule has 0 radical (unpaired) electrons. The molecule has 15 heavy (non-hydrogen) atoms. The molecule has 0 aliphatic heterocycles. The van der Waals surface area contributed by atoms with Crippen LogP contribution in [-0.4, -0.2) is 24.5 Å². The van der Waals surface area contributed by atoms with Gasteiger partial charge in [-0.15, -0.1) is 0 Å². The molecule has 2 atom stereocenters. The third-order valence-corrected chi connectivity index (χ3v) is 2.46. The molecule has 2 unspecified atom stereocenters. The van der Waals surface area contributed by atoms with E-state index in [1.165, 1.54) is 0 Å². The number of rotatable bonds is 7. The summed E-state index contributed by atoms with van der Waals surface area (Å²) in [5.74, 6) is 0.728. The molecule has 0 heterocycles. The minimum Gasteiger partial charge on any atom is -0.353 e. The van der Waals surface area contributed by atoms with E-state index in [2.05, 4.69) is 45.3 Å². The van der Waals surface area contributed by atoms with Crippen LogP contribution in [0.25, 0.3) is 0 Å². The standard InChI is InChI=1S/C12H26N2O/c1-6-10(4)13-8-12(15)14-11(5)7-9(2)3/h9-11,13H,6-8H2,1-5H3,(H,14,15). The highest BCUT2D eigenvalue weighted by molar-refractivity contribution is 5.78. The van der Waals surface area contributed by atoms with E-state index >= 15 is 0 Å². The molecule has 0 bridgehead atoms. The lowest BCUT2D eigenvalue weighted by Gasteiger charge is -2.17. The summed E-state index contributed by atoms with van der Waals surface area (Å²) >= 11 is 0. The Kier molecular flexibility index (Phi) is 7.39.